The number of nitrogen functional groups attached to an aromatic ring is 1. The molecule has 0 saturated heterocycles. The standard InChI is InChI=1S/C29H26Cl2N12O6S4/c1-13(11-42-12-16(6-17(32)23(42)31)25-35-10-18-27(41-25)50-28(37-18)36-14(2)44)5-21(45)39-29-38-19-9-34-24(40-26(19)51-29)15-7-20(22(30)33-8-15)43(52(3,46)47)53(4,48)49/h6-10,12-13H,5,11,32H2,1-4H3,(H-,36,37,38,39,44,45)/p+1. The summed E-state index contributed by atoms with van der Waals surface area (Å²) in [5.74, 6) is -0.337. The maximum absolute atomic E-state index is 13.1. The van der Waals surface area contributed by atoms with Crippen molar-refractivity contribution in [3.8, 4) is 22.8 Å². The van der Waals surface area contributed by atoms with Gasteiger partial charge < -0.3 is 16.4 Å². The van der Waals surface area contributed by atoms with Gasteiger partial charge in [-0.15, -0.1) is 0 Å². The van der Waals surface area contributed by atoms with E-state index in [1.807, 2.05) is 6.92 Å². The van der Waals surface area contributed by atoms with Gasteiger partial charge in [0, 0.05) is 31.0 Å². The number of nitrogens with zero attached hydrogens (tertiary/aromatic N) is 9. The van der Waals surface area contributed by atoms with Gasteiger partial charge in [-0.1, -0.05) is 41.2 Å². The van der Waals surface area contributed by atoms with Gasteiger partial charge in [-0.2, -0.15) is 8.28 Å². The fourth-order valence-corrected chi connectivity index (χ4v) is 10.2. The first-order chi connectivity index (χ1) is 24.8. The number of pyridine rings is 2. The molecule has 6 heterocycles. The minimum absolute atomic E-state index is 0.0857. The van der Waals surface area contributed by atoms with Crippen LogP contribution < -0.4 is 24.6 Å². The van der Waals surface area contributed by atoms with Crippen molar-refractivity contribution in [3.05, 3.63) is 47.2 Å². The number of nitrogens with one attached hydrogen (secondary N) is 2. The number of anilines is 4. The van der Waals surface area contributed by atoms with Crippen molar-refractivity contribution in [1.29, 1.82) is 0 Å². The number of hydrogen-bond donors (Lipinski definition) is 3. The third-order valence-electron chi connectivity index (χ3n) is 7.11. The van der Waals surface area contributed by atoms with Gasteiger partial charge in [-0.05, 0) is 23.7 Å². The van der Waals surface area contributed by atoms with E-state index in [9.17, 15) is 26.4 Å². The molecule has 0 radical (unpaired) electrons. The molecule has 1 atom stereocenters. The topological polar surface area (TPSA) is 250 Å². The molecule has 18 nitrogen and oxygen atoms in total. The molecule has 6 rings (SSSR count). The lowest BCUT2D eigenvalue weighted by molar-refractivity contribution is -0.699. The number of carbonyl (C=O) groups is 2. The van der Waals surface area contributed by atoms with Crippen LogP contribution in [0.15, 0.2) is 36.9 Å². The van der Waals surface area contributed by atoms with Gasteiger partial charge in [0.15, 0.2) is 39.8 Å². The number of nitrogens with two attached hydrogens (primary N) is 1. The molecule has 24 heteroatoms. The van der Waals surface area contributed by atoms with Crippen LogP contribution in [0.4, 0.5) is 21.6 Å². The van der Waals surface area contributed by atoms with Crippen molar-refractivity contribution in [2.75, 3.05) is 32.6 Å². The molecule has 0 bridgehead atoms. The van der Waals surface area contributed by atoms with E-state index in [1.54, 1.807) is 23.0 Å². The molecule has 2 amide bonds. The van der Waals surface area contributed by atoms with Crippen LogP contribution in [0.1, 0.15) is 20.3 Å². The van der Waals surface area contributed by atoms with Crippen LogP contribution in [-0.4, -0.2) is 76.0 Å². The van der Waals surface area contributed by atoms with E-state index >= 15 is 0 Å². The number of sulfonamides is 2. The number of thiazole rings is 2. The number of halogens is 2. The van der Waals surface area contributed by atoms with Crippen LogP contribution in [0.2, 0.25) is 10.3 Å². The average molecular weight is 839 g/mol. The molecule has 0 aromatic carbocycles. The van der Waals surface area contributed by atoms with Gasteiger partial charge >= 0.3 is 0 Å². The van der Waals surface area contributed by atoms with Crippen LogP contribution in [0.5, 0.6) is 0 Å². The van der Waals surface area contributed by atoms with Crippen LogP contribution in [0.3, 0.4) is 0 Å². The van der Waals surface area contributed by atoms with Crippen LogP contribution >= 0.6 is 45.9 Å². The number of amides is 2. The molecule has 0 spiro atoms. The summed E-state index contributed by atoms with van der Waals surface area (Å²) in [6, 6.07) is 2.85. The van der Waals surface area contributed by atoms with Gasteiger partial charge in [-0.3, -0.25) is 9.59 Å². The Kier molecular flexibility index (Phi) is 10.5. The van der Waals surface area contributed by atoms with Gasteiger partial charge in [0.25, 0.3) is 5.15 Å². The van der Waals surface area contributed by atoms with Crippen molar-refractivity contribution in [2.24, 2.45) is 5.92 Å². The van der Waals surface area contributed by atoms with Gasteiger partial charge in [0.05, 0.1) is 30.5 Å². The summed E-state index contributed by atoms with van der Waals surface area (Å²) in [6.07, 6.45) is 7.51. The molecule has 4 N–H and O–H groups in total. The third-order valence-corrected chi connectivity index (χ3v) is 12.8. The fourth-order valence-electron chi connectivity index (χ4n) is 5.09. The van der Waals surface area contributed by atoms with E-state index < -0.39 is 20.0 Å². The van der Waals surface area contributed by atoms with E-state index in [0.717, 1.165) is 23.8 Å². The van der Waals surface area contributed by atoms with E-state index in [4.69, 9.17) is 28.9 Å². The molecular weight excluding hydrogens is 812 g/mol. The normalized spacial score (nSPS) is 12.6. The summed E-state index contributed by atoms with van der Waals surface area (Å²) in [5, 5.41) is 6.00. The number of fused-ring (bicyclic) bond motifs is 2. The highest BCUT2D eigenvalue weighted by Gasteiger charge is 2.30. The molecule has 1 unspecified atom stereocenters. The maximum Gasteiger partial charge on any atom is 0.298 e. The van der Waals surface area contributed by atoms with E-state index in [-0.39, 0.29) is 66.1 Å². The summed E-state index contributed by atoms with van der Waals surface area (Å²) < 4.78 is 51.2. The zero-order valence-electron chi connectivity index (χ0n) is 27.9. The Morgan fingerprint density at radius 2 is 1.43 bits per heavy atom. The minimum atomic E-state index is -4.29. The first-order valence-electron chi connectivity index (χ1n) is 15.1. The third kappa shape index (κ3) is 8.57. The summed E-state index contributed by atoms with van der Waals surface area (Å²) >= 11 is 14.9. The zero-order valence-corrected chi connectivity index (χ0v) is 32.7. The Hall–Kier alpha value is -4.74. The zero-order chi connectivity index (χ0) is 38.4. The Bertz CT molecular complexity index is 2640. The second-order valence-corrected chi connectivity index (χ2v) is 18.3. The SMILES string of the molecule is CC(=O)Nc1nc2cnc(-c3cc(N)c(Cl)[n+](CC(C)CC(=O)Nc4nc5cnc(-c6cnc(Cl)c(N(S(C)(=O)=O)S(C)(=O)=O)c6)nc5s4)c3)nc2s1. The molecule has 276 valence electrons. The van der Waals surface area contributed by atoms with Gasteiger partial charge in [0.2, 0.25) is 31.9 Å². The number of hydrogen-bond acceptors (Lipinski definition) is 16. The number of carbonyl (C=O) groups excluding carboxylic acids is 2. The molecular formula is C29H27Cl2N12O6S4+. The predicted molar refractivity (Wildman–Crippen MR) is 203 cm³/mol. The average Bonchev–Trinajstić information content (AvgIpc) is 3.64. The molecule has 53 heavy (non-hydrogen) atoms. The smallest absolute Gasteiger partial charge is 0.298 e. The highest BCUT2D eigenvalue weighted by molar-refractivity contribution is 8.09. The van der Waals surface area contributed by atoms with E-state index in [0.29, 0.717) is 43.8 Å². The molecule has 6 aromatic heterocycles. The molecule has 6 aromatic rings. The Morgan fingerprint density at radius 1 is 0.868 bits per heavy atom. The highest BCUT2D eigenvalue weighted by Crippen LogP contribution is 2.33. The summed E-state index contributed by atoms with van der Waals surface area (Å²) in [5.41, 5.74) is 7.81. The lowest BCUT2D eigenvalue weighted by Crippen LogP contribution is -2.39. The quantitative estimate of drug-likeness (QED) is 0.124. The van der Waals surface area contributed by atoms with Crippen LogP contribution in [0.25, 0.3) is 43.5 Å². The Labute approximate surface area is 319 Å². The summed E-state index contributed by atoms with van der Waals surface area (Å²) in [7, 11) is -8.58. The summed E-state index contributed by atoms with van der Waals surface area (Å²) in [4.78, 5) is 55.8. The monoisotopic (exact) mass is 837 g/mol. The maximum atomic E-state index is 13.1. The lowest BCUT2D eigenvalue weighted by atomic mass is 10.1. The van der Waals surface area contributed by atoms with Crippen molar-refractivity contribution in [1.82, 2.24) is 34.9 Å². The van der Waals surface area contributed by atoms with Crippen molar-refractivity contribution in [3.63, 3.8) is 0 Å². The second-order valence-electron chi connectivity index (χ2n) is 11.7. The van der Waals surface area contributed by atoms with Crippen LogP contribution in [-0.2, 0) is 36.2 Å². The Morgan fingerprint density at radius 3 is 2.00 bits per heavy atom. The first-order valence-corrected chi connectivity index (χ1v) is 21.1. The lowest BCUT2D eigenvalue weighted by Gasteiger charge is -2.20. The molecule has 0 aliphatic heterocycles. The number of rotatable bonds is 11. The predicted octanol–water partition coefficient (Wildman–Crippen LogP) is 3.74. The van der Waals surface area contributed by atoms with Crippen LogP contribution in [0, 0.1) is 5.92 Å². The fraction of sp³-hybridized carbons (Fsp3) is 0.241. The molecule has 0 aliphatic rings. The molecule has 0 fully saturated rings. The van der Waals surface area contributed by atoms with Crippen molar-refractivity contribution < 1.29 is 31.0 Å². The largest absolute Gasteiger partial charge is 0.393 e. The second kappa shape index (κ2) is 14.6. The number of aromatic nitrogens is 8. The van der Waals surface area contributed by atoms with E-state index in [2.05, 4.69) is 45.5 Å². The minimum Gasteiger partial charge on any atom is -0.393 e. The van der Waals surface area contributed by atoms with Crippen molar-refractivity contribution in [2.45, 2.75) is 26.8 Å². The van der Waals surface area contributed by atoms with E-state index in [1.165, 1.54) is 36.7 Å². The highest BCUT2D eigenvalue weighted by atomic mass is 35.5. The van der Waals surface area contributed by atoms with Crippen molar-refractivity contribution >= 4 is 120 Å². The molecule has 0 saturated carbocycles. The Balaban J connectivity index is 1.16. The van der Waals surface area contributed by atoms with Gasteiger partial charge in [-0.25, -0.2) is 51.7 Å². The van der Waals surface area contributed by atoms with Gasteiger partial charge in [0.1, 0.15) is 32.1 Å². The summed E-state index contributed by atoms with van der Waals surface area (Å²) in [6.45, 7) is 3.58. The molecule has 0 aliphatic carbocycles. The first kappa shape index (κ1) is 38.0.